The summed E-state index contributed by atoms with van der Waals surface area (Å²) in [7, 11) is 1.33. The van der Waals surface area contributed by atoms with Crippen LogP contribution in [0.1, 0.15) is 0 Å². The van der Waals surface area contributed by atoms with Gasteiger partial charge in [-0.25, -0.2) is 9.78 Å². The number of ether oxygens (including phenoxy) is 1. The number of aromatic nitrogens is 1. The second-order valence-electron chi connectivity index (χ2n) is 4.61. The van der Waals surface area contributed by atoms with E-state index in [0.29, 0.717) is 10.5 Å². The van der Waals surface area contributed by atoms with Gasteiger partial charge in [0.05, 0.1) is 22.9 Å². The molecular weight excluding hydrogens is 324 g/mol. The van der Waals surface area contributed by atoms with Crippen LogP contribution in [-0.4, -0.2) is 17.0 Å². The molecule has 0 N–H and O–H groups in total. The molecular formula is C15H9ClN2O5. The highest BCUT2D eigenvalue weighted by Gasteiger charge is 2.18. The van der Waals surface area contributed by atoms with Crippen LogP contribution in [0.2, 0.25) is 5.02 Å². The van der Waals surface area contributed by atoms with E-state index in [2.05, 4.69) is 4.98 Å². The van der Waals surface area contributed by atoms with E-state index in [9.17, 15) is 14.9 Å². The highest BCUT2D eigenvalue weighted by molar-refractivity contribution is 6.31. The third-order valence-corrected chi connectivity index (χ3v) is 3.45. The SMILES string of the molecule is COc1ccc(-c2nc3cc(Cl)ccc3c(=O)o2)cc1[N+](=O)[O-]. The quantitative estimate of drug-likeness (QED) is 0.538. The van der Waals surface area contributed by atoms with Gasteiger partial charge >= 0.3 is 11.3 Å². The molecule has 0 aliphatic rings. The molecule has 8 heteroatoms. The van der Waals surface area contributed by atoms with E-state index < -0.39 is 10.5 Å². The first-order valence-electron chi connectivity index (χ1n) is 6.43. The molecule has 0 atom stereocenters. The van der Waals surface area contributed by atoms with E-state index in [-0.39, 0.29) is 28.3 Å². The molecule has 0 amide bonds. The molecule has 3 aromatic rings. The molecule has 1 heterocycles. The van der Waals surface area contributed by atoms with Crippen LogP contribution in [0.15, 0.2) is 45.6 Å². The molecule has 3 rings (SSSR count). The van der Waals surface area contributed by atoms with Crippen LogP contribution in [0.5, 0.6) is 5.75 Å². The van der Waals surface area contributed by atoms with E-state index in [1.54, 1.807) is 6.07 Å². The average molecular weight is 333 g/mol. The monoisotopic (exact) mass is 332 g/mol. The Morgan fingerprint density at radius 3 is 2.74 bits per heavy atom. The normalized spacial score (nSPS) is 10.7. The Morgan fingerprint density at radius 2 is 2.04 bits per heavy atom. The summed E-state index contributed by atoms with van der Waals surface area (Å²) < 4.78 is 10.1. The first-order valence-corrected chi connectivity index (χ1v) is 6.80. The number of nitrogens with zero attached hydrogens (tertiary/aromatic N) is 2. The van der Waals surface area contributed by atoms with Gasteiger partial charge in [0, 0.05) is 16.7 Å². The summed E-state index contributed by atoms with van der Waals surface area (Å²) in [6, 6.07) is 8.76. The lowest BCUT2D eigenvalue weighted by molar-refractivity contribution is -0.385. The predicted molar refractivity (Wildman–Crippen MR) is 83.9 cm³/mol. The number of hydrogen-bond donors (Lipinski definition) is 0. The van der Waals surface area contributed by atoms with E-state index >= 15 is 0 Å². The largest absolute Gasteiger partial charge is 0.490 e. The Labute approximate surface area is 134 Å². The Morgan fingerprint density at radius 1 is 1.26 bits per heavy atom. The summed E-state index contributed by atoms with van der Waals surface area (Å²) in [5.74, 6) is 0.0699. The van der Waals surface area contributed by atoms with Gasteiger partial charge in [-0.2, -0.15) is 0 Å². The van der Waals surface area contributed by atoms with Crippen LogP contribution < -0.4 is 10.4 Å². The van der Waals surface area contributed by atoms with E-state index in [1.165, 1.54) is 37.4 Å². The highest BCUT2D eigenvalue weighted by atomic mass is 35.5. The molecule has 0 saturated carbocycles. The number of methoxy groups -OCH3 is 1. The molecule has 0 aliphatic carbocycles. The second-order valence-corrected chi connectivity index (χ2v) is 5.05. The number of nitro groups is 1. The Hall–Kier alpha value is -2.93. The van der Waals surface area contributed by atoms with Crippen molar-refractivity contribution in [1.82, 2.24) is 4.98 Å². The standard InChI is InChI=1S/C15H9ClN2O5/c1-22-13-5-2-8(6-12(13)18(20)21)14-17-11-7-9(16)3-4-10(11)15(19)23-14/h2-7H,1H3. The minimum atomic E-state index is -0.597. The minimum Gasteiger partial charge on any atom is -0.490 e. The molecule has 0 bridgehead atoms. The molecule has 0 saturated heterocycles. The zero-order chi connectivity index (χ0) is 16.6. The lowest BCUT2D eigenvalue weighted by atomic mass is 10.1. The summed E-state index contributed by atoms with van der Waals surface area (Å²) in [5, 5.41) is 11.8. The van der Waals surface area contributed by atoms with E-state index in [1.807, 2.05) is 0 Å². The van der Waals surface area contributed by atoms with Gasteiger partial charge in [0.15, 0.2) is 5.75 Å². The van der Waals surface area contributed by atoms with Crippen molar-refractivity contribution in [1.29, 1.82) is 0 Å². The number of fused-ring (bicyclic) bond motifs is 1. The van der Waals surface area contributed by atoms with Gasteiger partial charge < -0.3 is 9.15 Å². The summed E-state index contributed by atoms with van der Waals surface area (Å²) >= 11 is 5.90. The van der Waals surface area contributed by atoms with Gasteiger partial charge in [-0.05, 0) is 30.3 Å². The maximum atomic E-state index is 12.0. The van der Waals surface area contributed by atoms with Gasteiger partial charge in [0.2, 0.25) is 5.89 Å². The maximum absolute atomic E-state index is 12.0. The molecule has 0 aliphatic heterocycles. The van der Waals surface area contributed by atoms with Crippen molar-refractivity contribution in [3.63, 3.8) is 0 Å². The maximum Gasteiger partial charge on any atom is 0.347 e. The summed E-state index contributed by atoms with van der Waals surface area (Å²) in [6.07, 6.45) is 0. The van der Waals surface area contributed by atoms with Crippen molar-refractivity contribution in [2.24, 2.45) is 0 Å². The third kappa shape index (κ3) is 2.74. The van der Waals surface area contributed by atoms with Crippen LogP contribution in [0.3, 0.4) is 0 Å². The fourth-order valence-electron chi connectivity index (χ4n) is 2.13. The van der Waals surface area contributed by atoms with E-state index in [0.717, 1.165) is 0 Å². The third-order valence-electron chi connectivity index (χ3n) is 3.21. The first kappa shape index (κ1) is 15.0. The van der Waals surface area contributed by atoms with Crippen LogP contribution >= 0.6 is 11.6 Å². The van der Waals surface area contributed by atoms with Crippen molar-refractivity contribution in [2.45, 2.75) is 0 Å². The van der Waals surface area contributed by atoms with Gasteiger partial charge in [0.25, 0.3) is 0 Å². The molecule has 2 aromatic carbocycles. The van der Waals surface area contributed by atoms with Gasteiger partial charge in [-0.3, -0.25) is 10.1 Å². The Balaban J connectivity index is 2.22. The Bertz CT molecular complexity index is 983. The number of rotatable bonds is 3. The molecule has 0 radical (unpaired) electrons. The van der Waals surface area contributed by atoms with Gasteiger partial charge in [-0.15, -0.1) is 0 Å². The van der Waals surface area contributed by atoms with Crippen LogP contribution in [0.25, 0.3) is 22.4 Å². The molecule has 23 heavy (non-hydrogen) atoms. The number of nitro benzene ring substituents is 1. The van der Waals surface area contributed by atoms with Crippen molar-refractivity contribution in [3.8, 4) is 17.2 Å². The van der Waals surface area contributed by atoms with Crippen LogP contribution in [0.4, 0.5) is 5.69 Å². The van der Waals surface area contributed by atoms with Crippen molar-refractivity contribution in [2.75, 3.05) is 7.11 Å². The second kappa shape index (κ2) is 5.69. The van der Waals surface area contributed by atoms with Crippen LogP contribution in [-0.2, 0) is 0 Å². The van der Waals surface area contributed by atoms with Gasteiger partial charge in [0.1, 0.15) is 0 Å². The predicted octanol–water partition coefficient (Wildman–Crippen LogP) is 3.43. The van der Waals surface area contributed by atoms with Crippen LogP contribution in [0, 0.1) is 10.1 Å². The summed E-state index contributed by atoms with van der Waals surface area (Å²) in [4.78, 5) is 26.7. The van der Waals surface area contributed by atoms with Crippen molar-refractivity contribution < 1.29 is 14.1 Å². The zero-order valence-corrected chi connectivity index (χ0v) is 12.5. The molecule has 0 fully saturated rings. The molecule has 0 spiro atoms. The topological polar surface area (TPSA) is 95.5 Å². The molecule has 1 aromatic heterocycles. The van der Waals surface area contributed by atoms with Crippen molar-refractivity contribution >= 4 is 28.2 Å². The average Bonchev–Trinajstić information content (AvgIpc) is 2.53. The molecule has 7 nitrogen and oxygen atoms in total. The highest BCUT2D eigenvalue weighted by Crippen LogP contribution is 2.31. The lowest BCUT2D eigenvalue weighted by Gasteiger charge is -2.05. The number of hydrogen-bond acceptors (Lipinski definition) is 6. The zero-order valence-electron chi connectivity index (χ0n) is 11.8. The smallest absolute Gasteiger partial charge is 0.347 e. The van der Waals surface area contributed by atoms with Gasteiger partial charge in [-0.1, -0.05) is 11.6 Å². The van der Waals surface area contributed by atoms with E-state index in [4.69, 9.17) is 20.8 Å². The first-order chi connectivity index (χ1) is 11.0. The lowest BCUT2D eigenvalue weighted by Crippen LogP contribution is -2.03. The summed E-state index contributed by atoms with van der Waals surface area (Å²) in [5.41, 5.74) is -0.209. The minimum absolute atomic E-state index is 0.0319. The summed E-state index contributed by atoms with van der Waals surface area (Å²) in [6.45, 7) is 0. The fourth-order valence-corrected chi connectivity index (χ4v) is 2.30. The molecule has 0 unspecified atom stereocenters. The number of benzene rings is 2. The number of halogens is 1. The molecule has 116 valence electrons. The fraction of sp³-hybridized carbons (Fsp3) is 0.0667. The van der Waals surface area contributed by atoms with Crippen molar-refractivity contribution in [3.05, 3.63) is 62.0 Å². The Kier molecular flexibility index (Phi) is 3.71.